The van der Waals surface area contributed by atoms with Crippen LogP contribution >= 0.6 is 0 Å². The SMILES string of the molecule is COC(=O)C1CCN(S(=O)(=O)c2cn(C)cn2)C1. The fraction of sp³-hybridized carbons (Fsp3) is 0.600. The lowest BCUT2D eigenvalue weighted by molar-refractivity contribution is -0.144. The van der Waals surface area contributed by atoms with Crippen LogP contribution in [0.2, 0.25) is 0 Å². The number of sulfonamides is 1. The summed E-state index contributed by atoms with van der Waals surface area (Å²) in [6, 6.07) is 0. The predicted molar refractivity (Wildman–Crippen MR) is 62.1 cm³/mol. The Bertz CT molecular complexity index is 551. The molecule has 0 saturated carbocycles. The number of methoxy groups -OCH3 is 1. The number of rotatable bonds is 3. The molecule has 2 heterocycles. The highest BCUT2D eigenvalue weighted by Gasteiger charge is 2.37. The topological polar surface area (TPSA) is 81.5 Å². The van der Waals surface area contributed by atoms with Gasteiger partial charge in [0.2, 0.25) is 0 Å². The molecule has 1 aromatic heterocycles. The molecule has 7 nitrogen and oxygen atoms in total. The number of hydrogen-bond acceptors (Lipinski definition) is 5. The Morgan fingerprint density at radius 1 is 1.56 bits per heavy atom. The molecule has 1 unspecified atom stereocenters. The number of aromatic nitrogens is 2. The van der Waals surface area contributed by atoms with Crippen molar-refractivity contribution in [2.75, 3.05) is 20.2 Å². The summed E-state index contributed by atoms with van der Waals surface area (Å²) in [5, 5.41) is 0.00974. The number of nitrogens with zero attached hydrogens (tertiary/aromatic N) is 3. The third-order valence-electron chi connectivity index (χ3n) is 2.97. The Morgan fingerprint density at radius 2 is 2.28 bits per heavy atom. The van der Waals surface area contributed by atoms with Gasteiger partial charge in [0.15, 0.2) is 5.03 Å². The molecule has 2 rings (SSSR count). The first-order valence-electron chi connectivity index (χ1n) is 5.51. The van der Waals surface area contributed by atoms with Crippen LogP contribution in [-0.4, -0.2) is 48.4 Å². The molecule has 18 heavy (non-hydrogen) atoms. The molecule has 0 aromatic carbocycles. The number of carbonyl (C=O) groups is 1. The quantitative estimate of drug-likeness (QED) is 0.700. The maximum absolute atomic E-state index is 12.2. The van der Waals surface area contributed by atoms with Gasteiger partial charge in [0.1, 0.15) is 0 Å². The van der Waals surface area contributed by atoms with Crippen molar-refractivity contribution in [2.24, 2.45) is 13.0 Å². The van der Waals surface area contributed by atoms with Gasteiger partial charge in [-0.1, -0.05) is 0 Å². The van der Waals surface area contributed by atoms with E-state index in [4.69, 9.17) is 0 Å². The van der Waals surface area contributed by atoms with E-state index in [0.717, 1.165) is 0 Å². The molecular weight excluding hydrogens is 258 g/mol. The van der Waals surface area contributed by atoms with E-state index in [1.54, 1.807) is 11.6 Å². The fourth-order valence-corrected chi connectivity index (χ4v) is 3.43. The second-order valence-electron chi connectivity index (χ2n) is 4.25. The summed E-state index contributed by atoms with van der Waals surface area (Å²) in [7, 11) is -0.593. The first kappa shape index (κ1) is 13.0. The van der Waals surface area contributed by atoms with Crippen molar-refractivity contribution in [1.82, 2.24) is 13.9 Å². The highest BCUT2D eigenvalue weighted by Crippen LogP contribution is 2.23. The van der Waals surface area contributed by atoms with Crippen molar-refractivity contribution in [3.05, 3.63) is 12.5 Å². The Kier molecular flexibility index (Phi) is 3.40. The Morgan fingerprint density at radius 3 is 2.83 bits per heavy atom. The second kappa shape index (κ2) is 4.69. The number of hydrogen-bond donors (Lipinski definition) is 0. The van der Waals surface area contributed by atoms with E-state index in [1.165, 1.54) is 23.9 Å². The van der Waals surface area contributed by atoms with Crippen molar-refractivity contribution in [3.63, 3.8) is 0 Å². The van der Waals surface area contributed by atoms with E-state index in [2.05, 4.69) is 9.72 Å². The fourth-order valence-electron chi connectivity index (χ4n) is 1.96. The van der Waals surface area contributed by atoms with E-state index in [-0.39, 0.29) is 23.5 Å². The molecule has 0 radical (unpaired) electrons. The van der Waals surface area contributed by atoms with Crippen molar-refractivity contribution in [1.29, 1.82) is 0 Å². The number of esters is 1. The van der Waals surface area contributed by atoms with E-state index in [9.17, 15) is 13.2 Å². The first-order valence-corrected chi connectivity index (χ1v) is 6.95. The molecule has 0 N–H and O–H groups in total. The minimum Gasteiger partial charge on any atom is -0.469 e. The van der Waals surface area contributed by atoms with Crippen LogP contribution in [0.4, 0.5) is 0 Å². The molecule has 0 bridgehead atoms. The lowest BCUT2D eigenvalue weighted by Gasteiger charge is -2.14. The van der Waals surface area contributed by atoms with Crippen LogP contribution in [0.15, 0.2) is 17.6 Å². The zero-order valence-corrected chi connectivity index (χ0v) is 11.1. The van der Waals surface area contributed by atoms with Crippen molar-refractivity contribution in [2.45, 2.75) is 11.4 Å². The van der Waals surface area contributed by atoms with Crippen molar-refractivity contribution in [3.8, 4) is 0 Å². The van der Waals surface area contributed by atoms with Gasteiger partial charge in [-0.25, -0.2) is 13.4 Å². The van der Waals surface area contributed by atoms with Crippen LogP contribution in [-0.2, 0) is 26.6 Å². The van der Waals surface area contributed by atoms with Gasteiger partial charge in [-0.15, -0.1) is 0 Å². The zero-order valence-electron chi connectivity index (χ0n) is 10.2. The van der Waals surface area contributed by atoms with Crippen LogP contribution in [0.5, 0.6) is 0 Å². The Balaban J connectivity index is 2.16. The highest BCUT2D eigenvalue weighted by atomic mass is 32.2. The van der Waals surface area contributed by atoms with Crippen LogP contribution in [0.25, 0.3) is 0 Å². The van der Waals surface area contributed by atoms with Crippen molar-refractivity contribution >= 4 is 16.0 Å². The third kappa shape index (κ3) is 2.25. The lowest BCUT2D eigenvalue weighted by Crippen LogP contribution is -2.30. The maximum Gasteiger partial charge on any atom is 0.310 e. The van der Waals surface area contributed by atoms with Crippen LogP contribution in [0.1, 0.15) is 6.42 Å². The van der Waals surface area contributed by atoms with Gasteiger partial charge >= 0.3 is 5.97 Å². The van der Waals surface area contributed by atoms with Crippen molar-refractivity contribution < 1.29 is 17.9 Å². The molecule has 8 heteroatoms. The third-order valence-corrected chi connectivity index (χ3v) is 4.72. The van der Waals surface area contributed by atoms with E-state index >= 15 is 0 Å². The molecule has 1 aliphatic heterocycles. The van der Waals surface area contributed by atoms with Gasteiger partial charge in [-0.05, 0) is 6.42 Å². The molecule has 0 spiro atoms. The van der Waals surface area contributed by atoms with Crippen LogP contribution < -0.4 is 0 Å². The largest absolute Gasteiger partial charge is 0.469 e. The maximum atomic E-state index is 12.2. The lowest BCUT2D eigenvalue weighted by atomic mass is 10.1. The van der Waals surface area contributed by atoms with Crippen LogP contribution in [0.3, 0.4) is 0 Å². The van der Waals surface area contributed by atoms with E-state index in [0.29, 0.717) is 13.0 Å². The summed E-state index contributed by atoms with van der Waals surface area (Å²) < 4.78 is 31.9. The normalized spacial score (nSPS) is 21.1. The summed E-state index contributed by atoms with van der Waals surface area (Å²) in [5.41, 5.74) is 0. The van der Waals surface area contributed by atoms with Gasteiger partial charge in [0.25, 0.3) is 10.0 Å². The number of ether oxygens (including phenoxy) is 1. The summed E-state index contributed by atoms with van der Waals surface area (Å²) in [6.45, 7) is 0.476. The average molecular weight is 273 g/mol. The molecule has 1 aliphatic rings. The van der Waals surface area contributed by atoms with Gasteiger partial charge in [0.05, 0.1) is 19.4 Å². The summed E-state index contributed by atoms with van der Waals surface area (Å²) >= 11 is 0. The smallest absolute Gasteiger partial charge is 0.310 e. The Hall–Kier alpha value is -1.41. The van der Waals surface area contributed by atoms with Gasteiger partial charge in [-0.2, -0.15) is 4.31 Å². The minimum atomic E-state index is -3.60. The zero-order chi connectivity index (χ0) is 13.3. The minimum absolute atomic E-state index is 0.00974. The van der Waals surface area contributed by atoms with Gasteiger partial charge in [-0.3, -0.25) is 4.79 Å². The summed E-state index contributed by atoms with van der Waals surface area (Å²) in [6.07, 6.45) is 3.36. The molecule has 100 valence electrons. The number of carbonyl (C=O) groups excluding carboxylic acids is 1. The molecule has 0 aliphatic carbocycles. The molecule has 1 saturated heterocycles. The number of imidazole rings is 1. The molecular formula is C10H15N3O4S. The summed E-state index contributed by atoms with van der Waals surface area (Å²) in [4.78, 5) is 15.2. The van der Waals surface area contributed by atoms with E-state index in [1.807, 2.05) is 0 Å². The highest BCUT2D eigenvalue weighted by molar-refractivity contribution is 7.89. The molecule has 1 aromatic rings. The van der Waals surface area contributed by atoms with Crippen LogP contribution in [0, 0.1) is 5.92 Å². The predicted octanol–water partition coefficient (Wildman–Crippen LogP) is -0.396. The summed E-state index contributed by atoms with van der Waals surface area (Å²) in [5.74, 6) is -0.748. The monoisotopic (exact) mass is 273 g/mol. The average Bonchev–Trinajstić information content (AvgIpc) is 2.96. The standard InChI is InChI=1S/C10H15N3O4S/c1-12-6-9(11-7-12)18(15,16)13-4-3-8(5-13)10(14)17-2/h6-8H,3-5H2,1-2H3. The first-order chi connectivity index (χ1) is 8.45. The molecule has 1 atom stereocenters. The Labute approximate surface area is 105 Å². The second-order valence-corrected chi connectivity index (χ2v) is 6.13. The van der Waals surface area contributed by atoms with E-state index < -0.39 is 10.0 Å². The number of aryl methyl sites for hydroxylation is 1. The van der Waals surface area contributed by atoms with Gasteiger partial charge < -0.3 is 9.30 Å². The molecule has 1 fully saturated rings. The van der Waals surface area contributed by atoms with Gasteiger partial charge in [0, 0.05) is 26.3 Å². The molecule has 0 amide bonds.